The summed E-state index contributed by atoms with van der Waals surface area (Å²) in [6, 6.07) is 6.39. The Labute approximate surface area is 105 Å². The molecule has 2 N–H and O–H groups in total. The van der Waals surface area contributed by atoms with Crippen molar-refractivity contribution in [3.63, 3.8) is 0 Å². The van der Waals surface area contributed by atoms with Gasteiger partial charge < -0.3 is 15.2 Å². The highest BCUT2D eigenvalue weighted by Crippen LogP contribution is 2.39. The summed E-state index contributed by atoms with van der Waals surface area (Å²) in [4.78, 5) is 10.7. The van der Waals surface area contributed by atoms with Gasteiger partial charge >= 0.3 is 0 Å². The fraction of sp³-hybridized carbons (Fsp3) is 0.385. The second-order valence-corrected chi connectivity index (χ2v) is 4.78. The Balaban J connectivity index is 2.53. The fourth-order valence-electron chi connectivity index (χ4n) is 2.12. The van der Waals surface area contributed by atoms with Gasteiger partial charge in [-0.1, -0.05) is 0 Å². The first-order valence-corrected chi connectivity index (χ1v) is 5.60. The number of nitrogens with one attached hydrogen (secondary N) is 1. The zero-order chi connectivity index (χ0) is 13.3. The van der Waals surface area contributed by atoms with Crippen LogP contribution in [0.2, 0.25) is 0 Å². The normalized spacial score (nSPS) is 24.3. The van der Waals surface area contributed by atoms with Gasteiger partial charge in [-0.05, 0) is 32.0 Å². The lowest BCUT2D eigenvalue weighted by Crippen LogP contribution is -2.52. The molecule has 0 bridgehead atoms. The van der Waals surface area contributed by atoms with Crippen LogP contribution in [0.4, 0.5) is 0 Å². The van der Waals surface area contributed by atoms with Gasteiger partial charge in [0.25, 0.3) is 0 Å². The Hall–Kier alpha value is -2.06. The van der Waals surface area contributed by atoms with E-state index in [2.05, 4.69) is 5.32 Å². The van der Waals surface area contributed by atoms with Crippen LogP contribution in [0.5, 0.6) is 5.75 Å². The number of amides is 1. The molecule has 0 spiro atoms. The van der Waals surface area contributed by atoms with Crippen LogP contribution in [0.25, 0.3) is 0 Å². The maximum atomic E-state index is 10.7. The number of nitrogens with zero attached hydrogens (tertiary/aromatic N) is 1. The number of carbonyl (C=O) groups excluding carboxylic acids is 1. The molecule has 0 unspecified atom stereocenters. The number of hydrogen-bond acceptors (Lipinski definition) is 4. The standard InChI is InChI=1S/C13H14N2O3/c1-13(2)12(17)11(15-7-16)9-5-8(6-14)3-4-10(9)18-13/h3-5,7,11-12,17H,1-2H3,(H,15,16)/t11-,12+/m1/s1. The predicted molar refractivity (Wildman–Crippen MR) is 63.8 cm³/mol. The third kappa shape index (κ3) is 1.91. The molecule has 18 heavy (non-hydrogen) atoms. The number of hydrogen-bond donors (Lipinski definition) is 2. The fourth-order valence-corrected chi connectivity index (χ4v) is 2.12. The maximum absolute atomic E-state index is 10.7. The van der Waals surface area contributed by atoms with Crippen molar-refractivity contribution in [1.82, 2.24) is 5.32 Å². The minimum atomic E-state index is -0.885. The lowest BCUT2D eigenvalue weighted by molar-refractivity contribution is -0.114. The van der Waals surface area contributed by atoms with Gasteiger partial charge in [0.1, 0.15) is 17.5 Å². The van der Waals surface area contributed by atoms with Crippen LogP contribution in [0.3, 0.4) is 0 Å². The largest absolute Gasteiger partial charge is 0.485 e. The van der Waals surface area contributed by atoms with E-state index in [-0.39, 0.29) is 0 Å². The van der Waals surface area contributed by atoms with Gasteiger partial charge in [-0.25, -0.2) is 0 Å². The quantitative estimate of drug-likeness (QED) is 0.759. The summed E-state index contributed by atoms with van der Waals surface area (Å²) in [6.07, 6.45) is -0.345. The molecule has 1 heterocycles. The third-order valence-electron chi connectivity index (χ3n) is 3.12. The lowest BCUT2D eigenvalue weighted by Gasteiger charge is -2.41. The summed E-state index contributed by atoms with van der Waals surface area (Å²) < 4.78 is 5.69. The highest BCUT2D eigenvalue weighted by atomic mass is 16.5. The van der Waals surface area contributed by atoms with E-state index in [4.69, 9.17) is 10.00 Å². The number of fused-ring (bicyclic) bond motifs is 1. The molecular weight excluding hydrogens is 232 g/mol. The first kappa shape index (κ1) is 12.4. The molecule has 1 aliphatic rings. The van der Waals surface area contributed by atoms with Crippen molar-refractivity contribution >= 4 is 6.41 Å². The highest BCUT2D eigenvalue weighted by molar-refractivity contribution is 5.52. The van der Waals surface area contributed by atoms with Gasteiger partial charge in [0.15, 0.2) is 0 Å². The van der Waals surface area contributed by atoms with Crippen molar-refractivity contribution in [2.24, 2.45) is 0 Å². The molecule has 0 aliphatic carbocycles. The van der Waals surface area contributed by atoms with Gasteiger partial charge in [-0.2, -0.15) is 5.26 Å². The van der Waals surface area contributed by atoms with E-state index in [1.54, 1.807) is 32.0 Å². The van der Waals surface area contributed by atoms with Crippen LogP contribution in [0.1, 0.15) is 31.0 Å². The van der Waals surface area contributed by atoms with E-state index in [0.29, 0.717) is 23.3 Å². The maximum Gasteiger partial charge on any atom is 0.207 e. The van der Waals surface area contributed by atoms with E-state index in [1.165, 1.54) is 0 Å². The summed E-state index contributed by atoms with van der Waals surface area (Å²) in [5, 5.41) is 21.7. The van der Waals surface area contributed by atoms with E-state index < -0.39 is 17.7 Å². The van der Waals surface area contributed by atoms with Crippen molar-refractivity contribution in [2.75, 3.05) is 0 Å². The van der Waals surface area contributed by atoms with Gasteiger partial charge in [0.2, 0.25) is 6.41 Å². The minimum absolute atomic E-state index is 0.460. The molecule has 0 saturated carbocycles. The Morgan fingerprint density at radius 1 is 1.56 bits per heavy atom. The zero-order valence-corrected chi connectivity index (χ0v) is 10.2. The Kier molecular flexibility index (Phi) is 2.97. The number of rotatable bonds is 2. The Bertz CT molecular complexity index is 519. The molecular formula is C13H14N2O3. The van der Waals surface area contributed by atoms with Gasteiger partial charge in [-0.15, -0.1) is 0 Å². The summed E-state index contributed by atoms with van der Waals surface area (Å²) in [5.41, 5.74) is 0.275. The molecule has 0 aromatic heterocycles. The second kappa shape index (κ2) is 4.31. The van der Waals surface area contributed by atoms with Crippen LogP contribution in [0, 0.1) is 11.3 Å². The number of carbonyl (C=O) groups is 1. The molecule has 1 aliphatic heterocycles. The summed E-state index contributed by atoms with van der Waals surface area (Å²) in [5.74, 6) is 0.573. The molecule has 5 heteroatoms. The van der Waals surface area contributed by atoms with Crippen LogP contribution in [-0.4, -0.2) is 23.2 Å². The zero-order valence-electron chi connectivity index (χ0n) is 10.2. The molecule has 0 radical (unpaired) electrons. The number of ether oxygens (including phenoxy) is 1. The summed E-state index contributed by atoms with van der Waals surface area (Å²) >= 11 is 0. The van der Waals surface area contributed by atoms with E-state index in [1.807, 2.05) is 6.07 Å². The molecule has 0 saturated heterocycles. The Morgan fingerprint density at radius 3 is 2.89 bits per heavy atom. The number of benzene rings is 1. The molecule has 2 rings (SSSR count). The molecule has 1 amide bonds. The number of aliphatic hydroxyl groups is 1. The topological polar surface area (TPSA) is 82.3 Å². The molecule has 0 fully saturated rings. The first-order valence-electron chi connectivity index (χ1n) is 5.60. The van der Waals surface area contributed by atoms with Crippen molar-refractivity contribution in [3.8, 4) is 11.8 Å². The van der Waals surface area contributed by atoms with Gasteiger partial charge in [0, 0.05) is 5.56 Å². The van der Waals surface area contributed by atoms with E-state index in [0.717, 1.165) is 0 Å². The average Bonchev–Trinajstić information content (AvgIpc) is 2.34. The van der Waals surface area contributed by atoms with Crippen LogP contribution in [0.15, 0.2) is 18.2 Å². The SMILES string of the molecule is CC1(C)Oc2ccc(C#N)cc2[C@@H](NC=O)[C@@H]1O. The number of nitriles is 1. The van der Waals surface area contributed by atoms with Crippen molar-refractivity contribution in [3.05, 3.63) is 29.3 Å². The van der Waals surface area contributed by atoms with Crippen molar-refractivity contribution in [1.29, 1.82) is 5.26 Å². The molecule has 1 aromatic rings. The predicted octanol–water partition coefficient (Wildman–Crippen LogP) is 0.877. The summed E-state index contributed by atoms with van der Waals surface area (Å²) in [7, 11) is 0. The van der Waals surface area contributed by atoms with Gasteiger partial charge in [0.05, 0.1) is 17.7 Å². The molecule has 5 nitrogen and oxygen atoms in total. The lowest BCUT2D eigenvalue weighted by atomic mass is 9.86. The van der Waals surface area contributed by atoms with Gasteiger partial charge in [-0.3, -0.25) is 4.79 Å². The molecule has 2 atom stereocenters. The van der Waals surface area contributed by atoms with Crippen LogP contribution >= 0.6 is 0 Å². The third-order valence-corrected chi connectivity index (χ3v) is 3.12. The van der Waals surface area contributed by atoms with Crippen molar-refractivity contribution in [2.45, 2.75) is 31.6 Å². The molecule has 94 valence electrons. The summed E-state index contributed by atoms with van der Waals surface area (Å²) in [6.45, 7) is 3.50. The van der Waals surface area contributed by atoms with Crippen molar-refractivity contribution < 1.29 is 14.6 Å². The number of aliphatic hydroxyl groups excluding tert-OH is 1. The average molecular weight is 246 g/mol. The minimum Gasteiger partial charge on any atom is -0.485 e. The van der Waals surface area contributed by atoms with Crippen LogP contribution in [-0.2, 0) is 4.79 Å². The Morgan fingerprint density at radius 2 is 2.28 bits per heavy atom. The highest BCUT2D eigenvalue weighted by Gasteiger charge is 2.42. The first-order chi connectivity index (χ1) is 8.49. The molecule has 1 aromatic carbocycles. The van der Waals surface area contributed by atoms with E-state index >= 15 is 0 Å². The second-order valence-electron chi connectivity index (χ2n) is 4.78. The van der Waals surface area contributed by atoms with E-state index in [9.17, 15) is 9.90 Å². The smallest absolute Gasteiger partial charge is 0.207 e. The van der Waals surface area contributed by atoms with Crippen LogP contribution < -0.4 is 10.1 Å². The monoisotopic (exact) mass is 246 g/mol.